The molecule has 1 rings (SSSR count). The van der Waals surface area contributed by atoms with Crippen LogP contribution in [0.2, 0.25) is 0 Å². The summed E-state index contributed by atoms with van der Waals surface area (Å²) in [6.45, 7) is 11.2. The molecule has 1 aromatic rings. The number of nitrogens with zero attached hydrogens (tertiary/aromatic N) is 1. The van der Waals surface area contributed by atoms with Crippen molar-refractivity contribution in [2.45, 2.75) is 59.0 Å². The zero-order valence-corrected chi connectivity index (χ0v) is 13.9. The fourth-order valence-electron chi connectivity index (χ4n) is 2.92. The van der Waals surface area contributed by atoms with E-state index < -0.39 is 0 Å². The topological polar surface area (TPSA) is 15.3 Å². The number of likely N-dealkylation sites (N-methyl/N-ethyl adjacent to an activating group) is 1. The lowest BCUT2D eigenvalue weighted by atomic mass is 9.99. The minimum Gasteiger partial charge on any atom is -0.309 e. The highest BCUT2D eigenvalue weighted by atomic mass is 15.2. The van der Waals surface area contributed by atoms with E-state index in [0.29, 0.717) is 12.1 Å². The summed E-state index contributed by atoms with van der Waals surface area (Å²) in [5, 5.41) is 3.72. The molecule has 0 saturated carbocycles. The molecule has 0 spiro atoms. The first-order valence-corrected chi connectivity index (χ1v) is 8.13. The third kappa shape index (κ3) is 4.92. The quantitative estimate of drug-likeness (QED) is 0.728. The second-order valence-electron chi connectivity index (χ2n) is 5.77. The maximum Gasteiger partial charge on any atom is 0.0451 e. The van der Waals surface area contributed by atoms with Crippen LogP contribution in [0.5, 0.6) is 0 Å². The molecule has 0 heterocycles. The molecule has 1 aromatic carbocycles. The fourth-order valence-corrected chi connectivity index (χ4v) is 2.92. The molecule has 20 heavy (non-hydrogen) atoms. The van der Waals surface area contributed by atoms with Gasteiger partial charge in [0.1, 0.15) is 0 Å². The van der Waals surface area contributed by atoms with Gasteiger partial charge in [0, 0.05) is 18.6 Å². The van der Waals surface area contributed by atoms with Gasteiger partial charge in [-0.15, -0.1) is 0 Å². The number of aryl methyl sites for hydroxylation is 1. The normalized spacial score (nSPS) is 13.2. The average molecular weight is 276 g/mol. The van der Waals surface area contributed by atoms with Gasteiger partial charge in [-0.2, -0.15) is 0 Å². The molecule has 0 aliphatic heterocycles. The predicted octanol–water partition coefficient (Wildman–Crippen LogP) is 4.16. The van der Waals surface area contributed by atoms with Crippen LogP contribution in [0.15, 0.2) is 24.3 Å². The van der Waals surface area contributed by atoms with Crippen molar-refractivity contribution in [3.8, 4) is 0 Å². The Kier molecular flexibility index (Phi) is 7.86. The lowest BCUT2D eigenvalue weighted by Crippen LogP contribution is -2.39. The lowest BCUT2D eigenvalue weighted by molar-refractivity contribution is 0.206. The minimum absolute atomic E-state index is 0.432. The van der Waals surface area contributed by atoms with Gasteiger partial charge in [-0.3, -0.25) is 0 Å². The molecule has 1 N–H and O–H groups in total. The second kappa shape index (κ2) is 9.15. The van der Waals surface area contributed by atoms with Crippen LogP contribution >= 0.6 is 0 Å². The Bertz CT molecular complexity index is 371. The summed E-state index contributed by atoms with van der Waals surface area (Å²) < 4.78 is 0. The molecule has 0 radical (unpaired) electrons. The van der Waals surface area contributed by atoms with Crippen LogP contribution in [-0.2, 0) is 0 Å². The first-order valence-electron chi connectivity index (χ1n) is 8.13. The van der Waals surface area contributed by atoms with E-state index in [0.717, 1.165) is 13.1 Å². The summed E-state index contributed by atoms with van der Waals surface area (Å²) >= 11 is 0. The number of hydrogen-bond donors (Lipinski definition) is 1. The van der Waals surface area contributed by atoms with Crippen molar-refractivity contribution < 1.29 is 0 Å². The predicted molar refractivity (Wildman–Crippen MR) is 89.2 cm³/mol. The Hall–Kier alpha value is -0.860. The zero-order chi connectivity index (χ0) is 15.0. The van der Waals surface area contributed by atoms with E-state index in [-0.39, 0.29) is 0 Å². The maximum atomic E-state index is 3.72. The standard InChI is InChI=1S/C18H32N2/c1-6-13-19-18(14-20(5)16(7-2)8-3)17-12-10-9-11-15(17)4/h9-12,16,18-19H,6-8,13-14H2,1-5H3. The molecular formula is C18H32N2. The Morgan fingerprint density at radius 2 is 1.75 bits per heavy atom. The first kappa shape index (κ1) is 17.2. The molecule has 0 saturated heterocycles. The highest BCUT2D eigenvalue weighted by molar-refractivity contribution is 5.29. The van der Waals surface area contributed by atoms with E-state index in [1.54, 1.807) is 0 Å². The summed E-state index contributed by atoms with van der Waals surface area (Å²) in [5.41, 5.74) is 2.83. The van der Waals surface area contributed by atoms with Gasteiger partial charge in [0.05, 0.1) is 0 Å². The Morgan fingerprint density at radius 3 is 2.30 bits per heavy atom. The molecule has 1 unspecified atom stereocenters. The van der Waals surface area contributed by atoms with Crippen LogP contribution in [0.25, 0.3) is 0 Å². The van der Waals surface area contributed by atoms with Crippen LogP contribution in [-0.4, -0.2) is 31.1 Å². The van der Waals surface area contributed by atoms with Crippen LogP contribution in [0.3, 0.4) is 0 Å². The molecule has 2 nitrogen and oxygen atoms in total. The molecule has 0 fully saturated rings. The minimum atomic E-state index is 0.432. The molecule has 0 aliphatic rings. The molecule has 114 valence electrons. The van der Waals surface area contributed by atoms with Gasteiger partial charge in [0.2, 0.25) is 0 Å². The summed E-state index contributed by atoms with van der Waals surface area (Å²) in [5.74, 6) is 0. The van der Waals surface area contributed by atoms with Gasteiger partial charge in [-0.1, -0.05) is 45.0 Å². The number of rotatable bonds is 9. The smallest absolute Gasteiger partial charge is 0.0451 e. The molecule has 0 aromatic heterocycles. The van der Waals surface area contributed by atoms with E-state index in [1.165, 1.54) is 30.4 Å². The number of nitrogens with one attached hydrogen (secondary N) is 1. The Labute approximate surface area is 125 Å². The van der Waals surface area contributed by atoms with Gasteiger partial charge in [0.15, 0.2) is 0 Å². The van der Waals surface area contributed by atoms with E-state index in [1.807, 2.05) is 0 Å². The second-order valence-corrected chi connectivity index (χ2v) is 5.77. The van der Waals surface area contributed by atoms with Crippen LogP contribution in [0, 0.1) is 6.92 Å². The molecule has 1 atom stereocenters. The molecule has 2 heteroatoms. The van der Waals surface area contributed by atoms with Gasteiger partial charge in [0.25, 0.3) is 0 Å². The molecular weight excluding hydrogens is 244 g/mol. The van der Waals surface area contributed by atoms with Crippen LogP contribution in [0.1, 0.15) is 57.2 Å². The van der Waals surface area contributed by atoms with Gasteiger partial charge in [-0.05, 0) is 50.9 Å². The lowest BCUT2D eigenvalue weighted by Gasteiger charge is -2.31. The highest BCUT2D eigenvalue weighted by Gasteiger charge is 2.18. The fraction of sp³-hybridized carbons (Fsp3) is 0.667. The summed E-state index contributed by atoms with van der Waals surface area (Å²) in [6, 6.07) is 9.88. The Balaban J connectivity index is 2.82. The monoisotopic (exact) mass is 276 g/mol. The highest BCUT2D eigenvalue weighted by Crippen LogP contribution is 2.20. The summed E-state index contributed by atoms with van der Waals surface area (Å²) in [7, 11) is 2.26. The third-order valence-electron chi connectivity index (χ3n) is 4.24. The average Bonchev–Trinajstić information content (AvgIpc) is 2.45. The van der Waals surface area contributed by atoms with Crippen molar-refractivity contribution in [2.24, 2.45) is 0 Å². The van der Waals surface area contributed by atoms with E-state index in [2.05, 4.69) is 69.2 Å². The number of benzene rings is 1. The molecule has 0 bridgehead atoms. The van der Waals surface area contributed by atoms with Gasteiger partial charge >= 0.3 is 0 Å². The SMILES string of the molecule is CCCNC(CN(C)C(CC)CC)c1ccccc1C. The van der Waals surface area contributed by atoms with Gasteiger partial charge < -0.3 is 10.2 Å². The Morgan fingerprint density at radius 1 is 1.10 bits per heavy atom. The summed E-state index contributed by atoms with van der Waals surface area (Å²) in [6.07, 6.45) is 3.62. The van der Waals surface area contributed by atoms with Crippen molar-refractivity contribution in [3.05, 3.63) is 35.4 Å². The molecule has 0 aliphatic carbocycles. The zero-order valence-electron chi connectivity index (χ0n) is 13.9. The largest absolute Gasteiger partial charge is 0.309 e. The van der Waals surface area contributed by atoms with Crippen molar-refractivity contribution in [3.63, 3.8) is 0 Å². The maximum absolute atomic E-state index is 3.72. The van der Waals surface area contributed by atoms with E-state index in [4.69, 9.17) is 0 Å². The van der Waals surface area contributed by atoms with Gasteiger partial charge in [-0.25, -0.2) is 0 Å². The number of hydrogen-bond acceptors (Lipinski definition) is 2. The van der Waals surface area contributed by atoms with Crippen molar-refractivity contribution in [1.29, 1.82) is 0 Å². The van der Waals surface area contributed by atoms with Crippen LogP contribution in [0.4, 0.5) is 0 Å². The van der Waals surface area contributed by atoms with E-state index in [9.17, 15) is 0 Å². The van der Waals surface area contributed by atoms with Crippen molar-refractivity contribution >= 4 is 0 Å². The van der Waals surface area contributed by atoms with Crippen molar-refractivity contribution in [1.82, 2.24) is 10.2 Å². The van der Waals surface area contributed by atoms with E-state index >= 15 is 0 Å². The molecule has 0 amide bonds. The van der Waals surface area contributed by atoms with Crippen molar-refractivity contribution in [2.75, 3.05) is 20.1 Å². The summed E-state index contributed by atoms with van der Waals surface area (Å²) in [4.78, 5) is 2.51. The third-order valence-corrected chi connectivity index (χ3v) is 4.24. The van der Waals surface area contributed by atoms with Crippen LogP contribution < -0.4 is 5.32 Å². The first-order chi connectivity index (χ1) is 9.63.